The fourth-order valence-electron chi connectivity index (χ4n) is 3.09. The molecule has 1 aliphatic rings. The van der Waals surface area contributed by atoms with Crippen LogP contribution in [0.25, 0.3) is 0 Å². The maximum absolute atomic E-state index is 12.7. The van der Waals surface area contributed by atoms with E-state index < -0.39 is 11.8 Å². The van der Waals surface area contributed by atoms with Gasteiger partial charge in [-0.2, -0.15) is 0 Å². The van der Waals surface area contributed by atoms with Crippen LogP contribution in [0, 0.1) is 12.8 Å². The van der Waals surface area contributed by atoms with Gasteiger partial charge in [-0.1, -0.05) is 13.0 Å². The van der Waals surface area contributed by atoms with E-state index in [1.807, 2.05) is 24.4 Å². The highest BCUT2D eigenvalue weighted by Crippen LogP contribution is 2.35. The van der Waals surface area contributed by atoms with E-state index in [1.165, 1.54) is 0 Å². The van der Waals surface area contributed by atoms with Crippen LogP contribution in [0.2, 0.25) is 0 Å². The zero-order chi connectivity index (χ0) is 17.1. The third-order valence-corrected chi connectivity index (χ3v) is 5.25. The Bertz CT molecular complexity index is 730. The highest BCUT2D eigenvalue weighted by Gasteiger charge is 2.34. The molecule has 0 aromatic carbocycles. The summed E-state index contributed by atoms with van der Waals surface area (Å²) in [4.78, 5) is 32.1. The molecule has 2 aromatic rings. The van der Waals surface area contributed by atoms with Crippen molar-refractivity contribution < 1.29 is 9.59 Å². The fourth-order valence-corrected chi connectivity index (χ4v) is 3.97. The van der Waals surface area contributed by atoms with E-state index in [4.69, 9.17) is 0 Å². The van der Waals surface area contributed by atoms with Crippen molar-refractivity contribution in [3.8, 4) is 0 Å². The first-order chi connectivity index (χ1) is 11.5. The predicted octanol–water partition coefficient (Wildman–Crippen LogP) is 3.39. The summed E-state index contributed by atoms with van der Waals surface area (Å²) in [6.07, 6.45) is 5.22. The first-order valence-corrected chi connectivity index (χ1v) is 8.99. The third kappa shape index (κ3) is 3.64. The van der Waals surface area contributed by atoms with Crippen molar-refractivity contribution in [3.05, 3.63) is 46.4 Å². The standard InChI is InChI=1S/C18H21N3O2S/c1-12-5-6-15(16-4-3-7-24-16)21(11-12)18(23)17(22)20-14-8-13(2)9-19-10-14/h3-4,7-10,12,15H,5-6,11H2,1-2H3,(H,20,22). The van der Waals surface area contributed by atoms with Gasteiger partial charge in [-0.25, -0.2) is 0 Å². The summed E-state index contributed by atoms with van der Waals surface area (Å²) in [6.45, 7) is 4.62. The number of anilines is 1. The molecule has 0 radical (unpaired) electrons. The van der Waals surface area contributed by atoms with Crippen molar-refractivity contribution in [1.29, 1.82) is 0 Å². The Hall–Kier alpha value is -2.21. The highest BCUT2D eigenvalue weighted by molar-refractivity contribution is 7.10. The van der Waals surface area contributed by atoms with Crippen LogP contribution in [-0.2, 0) is 9.59 Å². The predicted molar refractivity (Wildman–Crippen MR) is 94.8 cm³/mol. The fraction of sp³-hybridized carbons (Fsp3) is 0.389. The number of hydrogen-bond donors (Lipinski definition) is 1. The number of aromatic nitrogens is 1. The molecule has 1 saturated heterocycles. The van der Waals surface area contributed by atoms with Crippen LogP contribution < -0.4 is 5.32 Å². The summed E-state index contributed by atoms with van der Waals surface area (Å²) >= 11 is 1.63. The molecule has 5 nitrogen and oxygen atoms in total. The number of likely N-dealkylation sites (tertiary alicyclic amines) is 1. The Morgan fingerprint density at radius 3 is 2.88 bits per heavy atom. The highest BCUT2D eigenvalue weighted by atomic mass is 32.1. The number of amides is 2. The number of nitrogens with one attached hydrogen (secondary N) is 1. The molecule has 2 amide bonds. The monoisotopic (exact) mass is 343 g/mol. The molecule has 0 saturated carbocycles. The first-order valence-electron chi connectivity index (χ1n) is 8.11. The lowest BCUT2D eigenvalue weighted by atomic mass is 9.93. The average Bonchev–Trinajstić information content (AvgIpc) is 3.08. The molecule has 6 heteroatoms. The van der Waals surface area contributed by atoms with Crippen LogP contribution in [-0.4, -0.2) is 28.2 Å². The molecule has 2 aromatic heterocycles. The van der Waals surface area contributed by atoms with Gasteiger partial charge in [0.1, 0.15) is 0 Å². The van der Waals surface area contributed by atoms with Crippen LogP contribution in [0.1, 0.15) is 36.2 Å². The van der Waals surface area contributed by atoms with Crippen molar-refractivity contribution in [3.63, 3.8) is 0 Å². The van der Waals surface area contributed by atoms with E-state index in [0.29, 0.717) is 18.2 Å². The summed E-state index contributed by atoms with van der Waals surface area (Å²) in [5.74, 6) is -0.668. The van der Waals surface area contributed by atoms with Crippen molar-refractivity contribution in [1.82, 2.24) is 9.88 Å². The SMILES string of the molecule is Cc1cncc(NC(=O)C(=O)N2CC(C)CCC2c2cccs2)c1. The van der Waals surface area contributed by atoms with Gasteiger partial charge in [0, 0.05) is 17.6 Å². The van der Waals surface area contributed by atoms with E-state index in [1.54, 1.807) is 34.7 Å². The van der Waals surface area contributed by atoms with Gasteiger partial charge in [0.15, 0.2) is 0 Å². The second-order valence-corrected chi connectivity index (χ2v) is 7.36. The van der Waals surface area contributed by atoms with Gasteiger partial charge in [-0.15, -0.1) is 11.3 Å². The van der Waals surface area contributed by atoms with Crippen LogP contribution in [0.15, 0.2) is 36.0 Å². The van der Waals surface area contributed by atoms with Gasteiger partial charge in [0.2, 0.25) is 0 Å². The van der Waals surface area contributed by atoms with Gasteiger partial charge < -0.3 is 10.2 Å². The Morgan fingerprint density at radius 1 is 1.33 bits per heavy atom. The summed E-state index contributed by atoms with van der Waals surface area (Å²) in [6, 6.07) is 5.82. The summed E-state index contributed by atoms with van der Waals surface area (Å²) < 4.78 is 0. The Labute approximate surface area is 145 Å². The number of hydrogen-bond acceptors (Lipinski definition) is 4. The smallest absolute Gasteiger partial charge is 0.313 e. The van der Waals surface area contributed by atoms with Gasteiger partial charge in [0.25, 0.3) is 0 Å². The number of nitrogens with zero attached hydrogens (tertiary/aromatic N) is 2. The number of carbonyl (C=O) groups excluding carboxylic acids is 2. The molecule has 0 spiro atoms. The number of rotatable bonds is 2. The molecule has 2 unspecified atom stereocenters. The minimum absolute atomic E-state index is 0.00455. The number of thiophene rings is 1. The second-order valence-electron chi connectivity index (χ2n) is 6.38. The largest absolute Gasteiger partial charge is 0.326 e. The summed E-state index contributed by atoms with van der Waals surface area (Å²) in [5.41, 5.74) is 1.48. The number of piperidine rings is 1. The van der Waals surface area contributed by atoms with Crippen LogP contribution in [0.5, 0.6) is 0 Å². The minimum atomic E-state index is -0.599. The Kier molecular flexibility index (Phi) is 4.94. The van der Waals surface area contributed by atoms with Crippen LogP contribution in [0.3, 0.4) is 0 Å². The molecule has 1 fully saturated rings. The van der Waals surface area contributed by atoms with Crippen molar-refractivity contribution in [2.24, 2.45) is 5.92 Å². The molecule has 126 valence electrons. The number of aryl methyl sites for hydroxylation is 1. The van der Waals surface area contributed by atoms with Crippen molar-refractivity contribution in [2.45, 2.75) is 32.7 Å². The van der Waals surface area contributed by atoms with Crippen molar-refractivity contribution >= 4 is 28.8 Å². The van der Waals surface area contributed by atoms with Gasteiger partial charge in [-0.05, 0) is 48.8 Å². The maximum atomic E-state index is 12.7. The van der Waals surface area contributed by atoms with Crippen LogP contribution >= 0.6 is 11.3 Å². The van der Waals surface area contributed by atoms with Gasteiger partial charge in [-0.3, -0.25) is 14.6 Å². The second kappa shape index (κ2) is 7.13. The average molecular weight is 343 g/mol. The molecule has 1 aliphatic heterocycles. The molecule has 24 heavy (non-hydrogen) atoms. The Balaban J connectivity index is 1.76. The van der Waals surface area contributed by atoms with Gasteiger partial charge >= 0.3 is 11.8 Å². The zero-order valence-electron chi connectivity index (χ0n) is 13.9. The lowest BCUT2D eigenvalue weighted by molar-refractivity contribution is -0.146. The van der Waals surface area contributed by atoms with E-state index in [9.17, 15) is 9.59 Å². The zero-order valence-corrected chi connectivity index (χ0v) is 14.7. The van der Waals surface area contributed by atoms with E-state index in [2.05, 4.69) is 17.2 Å². The van der Waals surface area contributed by atoms with Gasteiger partial charge in [0.05, 0.1) is 17.9 Å². The third-order valence-electron chi connectivity index (χ3n) is 4.28. The molecule has 0 aliphatic carbocycles. The van der Waals surface area contributed by atoms with E-state index in [0.717, 1.165) is 23.3 Å². The maximum Gasteiger partial charge on any atom is 0.313 e. The van der Waals surface area contributed by atoms with E-state index >= 15 is 0 Å². The molecular weight excluding hydrogens is 322 g/mol. The normalized spacial score (nSPS) is 20.7. The van der Waals surface area contributed by atoms with Crippen molar-refractivity contribution in [2.75, 3.05) is 11.9 Å². The number of carbonyl (C=O) groups is 2. The summed E-state index contributed by atoms with van der Waals surface area (Å²) in [7, 11) is 0. The van der Waals surface area contributed by atoms with E-state index in [-0.39, 0.29) is 6.04 Å². The quantitative estimate of drug-likeness (QED) is 0.850. The Morgan fingerprint density at radius 2 is 2.17 bits per heavy atom. The molecule has 0 bridgehead atoms. The summed E-state index contributed by atoms with van der Waals surface area (Å²) in [5, 5.41) is 4.68. The number of pyridine rings is 1. The van der Waals surface area contributed by atoms with Crippen LogP contribution in [0.4, 0.5) is 5.69 Å². The molecule has 2 atom stereocenters. The molecule has 3 heterocycles. The molecular formula is C18H21N3O2S. The minimum Gasteiger partial charge on any atom is -0.326 e. The topological polar surface area (TPSA) is 62.3 Å². The molecule has 3 rings (SSSR count). The first kappa shape index (κ1) is 16.6. The molecule has 1 N–H and O–H groups in total. The lowest BCUT2D eigenvalue weighted by Gasteiger charge is -2.37. The lowest BCUT2D eigenvalue weighted by Crippen LogP contribution is -2.46.